The molecular weight excluding hydrogens is 128 g/mol. The molecule has 2 N–H and O–H groups in total. The van der Waals surface area contributed by atoms with Gasteiger partial charge in [-0.1, -0.05) is 0 Å². The lowest BCUT2D eigenvalue weighted by Crippen LogP contribution is -2.59. The molecule has 2 rings (SSSR count). The highest BCUT2D eigenvalue weighted by atomic mass is 16.5. The maximum atomic E-state index is 5.34. The molecule has 2 fully saturated rings. The third-order valence-corrected chi connectivity index (χ3v) is 2.37. The highest BCUT2D eigenvalue weighted by Gasteiger charge is 2.35. The SMILES string of the molecule is C1CNC2(CCOC2)CN1. The van der Waals surface area contributed by atoms with Crippen molar-refractivity contribution in [3.8, 4) is 0 Å². The van der Waals surface area contributed by atoms with Gasteiger partial charge >= 0.3 is 0 Å². The molecule has 3 heteroatoms. The lowest BCUT2D eigenvalue weighted by Gasteiger charge is -2.33. The summed E-state index contributed by atoms with van der Waals surface area (Å²) in [4.78, 5) is 0. The highest BCUT2D eigenvalue weighted by molar-refractivity contribution is 4.96. The lowest BCUT2D eigenvalue weighted by atomic mass is 9.97. The molecule has 0 bridgehead atoms. The fraction of sp³-hybridized carbons (Fsp3) is 1.00. The van der Waals surface area contributed by atoms with Crippen LogP contribution in [0, 0.1) is 0 Å². The van der Waals surface area contributed by atoms with E-state index in [1.54, 1.807) is 0 Å². The fourth-order valence-corrected chi connectivity index (χ4v) is 1.69. The van der Waals surface area contributed by atoms with Crippen molar-refractivity contribution in [2.75, 3.05) is 32.8 Å². The van der Waals surface area contributed by atoms with E-state index < -0.39 is 0 Å². The van der Waals surface area contributed by atoms with Gasteiger partial charge in [0, 0.05) is 26.2 Å². The van der Waals surface area contributed by atoms with E-state index in [1.807, 2.05) is 0 Å². The van der Waals surface area contributed by atoms with Gasteiger partial charge in [0.25, 0.3) is 0 Å². The monoisotopic (exact) mass is 142 g/mol. The van der Waals surface area contributed by atoms with Gasteiger partial charge in [0.1, 0.15) is 0 Å². The molecule has 1 spiro atoms. The topological polar surface area (TPSA) is 33.3 Å². The highest BCUT2D eigenvalue weighted by Crippen LogP contribution is 2.18. The van der Waals surface area contributed by atoms with E-state index in [4.69, 9.17) is 4.74 Å². The molecular formula is C7H14N2O. The Hall–Kier alpha value is -0.120. The van der Waals surface area contributed by atoms with Crippen LogP contribution in [0.1, 0.15) is 6.42 Å². The van der Waals surface area contributed by atoms with Crippen LogP contribution in [0.15, 0.2) is 0 Å². The van der Waals surface area contributed by atoms with Crippen molar-refractivity contribution >= 4 is 0 Å². The Balaban J connectivity index is 1.98. The lowest BCUT2D eigenvalue weighted by molar-refractivity contribution is 0.158. The Bertz CT molecular complexity index is 113. The molecule has 0 radical (unpaired) electrons. The number of hydrogen-bond acceptors (Lipinski definition) is 3. The molecule has 2 saturated heterocycles. The maximum absolute atomic E-state index is 5.34. The minimum atomic E-state index is 0.290. The zero-order valence-corrected chi connectivity index (χ0v) is 6.15. The van der Waals surface area contributed by atoms with Gasteiger partial charge in [-0.25, -0.2) is 0 Å². The first-order valence-electron chi connectivity index (χ1n) is 3.95. The van der Waals surface area contributed by atoms with Crippen LogP contribution in [0.2, 0.25) is 0 Å². The van der Waals surface area contributed by atoms with Crippen molar-refractivity contribution < 1.29 is 4.74 Å². The second-order valence-corrected chi connectivity index (χ2v) is 3.19. The van der Waals surface area contributed by atoms with E-state index in [1.165, 1.54) is 6.42 Å². The number of ether oxygens (including phenoxy) is 1. The molecule has 0 aromatic heterocycles. The predicted octanol–water partition coefficient (Wildman–Crippen LogP) is -0.662. The summed E-state index contributed by atoms with van der Waals surface area (Å²) < 4.78 is 5.34. The quantitative estimate of drug-likeness (QED) is 0.471. The van der Waals surface area contributed by atoms with E-state index in [2.05, 4.69) is 10.6 Å². The Morgan fingerprint density at radius 2 is 2.30 bits per heavy atom. The van der Waals surface area contributed by atoms with Crippen LogP contribution in [0.5, 0.6) is 0 Å². The van der Waals surface area contributed by atoms with Crippen molar-refractivity contribution in [1.82, 2.24) is 10.6 Å². The first-order chi connectivity index (χ1) is 4.91. The van der Waals surface area contributed by atoms with Gasteiger partial charge < -0.3 is 15.4 Å². The third kappa shape index (κ3) is 1.05. The number of piperazine rings is 1. The van der Waals surface area contributed by atoms with Gasteiger partial charge in [-0.2, -0.15) is 0 Å². The molecule has 10 heavy (non-hydrogen) atoms. The van der Waals surface area contributed by atoms with Crippen LogP contribution in [0.4, 0.5) is 0 Å². The van der Waals surface area contributed by atoms with Gasteiger partial charge in [0.2, 0.25) is 0 Å². The van der Waals surface area contributed by atoms with E-state index in [9.17, 15) is 0 Å². The molecule has 58 valence electrons. The molecule has 1 atom stereocenters. The summed E-state index contributed by atoms with van der Waals surface area (Å²) in [6, 6.07) is 0. The third-order valence-electron chi connectivity index (χ3n) is 2.37. The molecule has 2 aliphatic rings. The second-order valence-electron chi connectivity index (χ2n) is 3.19. The number of rotatable bonds is 0. The Labute approximate surface area is 61.1 Å². The summed E-state index contributed by atoms with van der Waals surface area (Å²) in [6.07, 6.45) is 1.17. The van der Waals surface area contributed by atoms with Crippen LogP contribution in [-0.2, 0) is 4.74 Å². The van der Waals surface area contributed by atoms with Gasteiger partial charge in [-0.3, -0.25) is 0 Å². The molecule has 3 nitrogen and oxygen atoms in total. The second kappa shape index (κ2) is 2.49. The van der Waals surface area contributed by atoms with Crippen molar-refractivity contribution in [3.05, 3.63) is 0 Å². The van der Waals surface area contributed by atoms with Gasteiger partial charge in [-0.15, -0.1) is 0 Å². The molecule has 2 heterocycles. The molecule has 2 aliphatic heterocycles. The van der Waals surface area contributed by atoms with Gasteiger partial charge in [-0.05, 0) is 6.42 Å². The fourth-order valence-electron chi connectivity index (χ4n) is 1.69. The first kappa shape index (κ1) is 6.58. The normalized spacial score (nSPS) is 40.8. The average molecular weight is 142 g/mol. The summed E-state index contributed by atoms with van der Waals surface area (Å²) in [5.41, 5.74) is 0.290. The van der Waals surface area contributed by atoms with Gasteiger partial charge in [0.15, 0.2) is 0 Å². The maximum Gasteiger partial charge on any atom is 0.0661 e. The standard InChI is InChI=1S/C7H14N2O/c1-4-10-6-7(1)5-8-2-3-9-7/h8-9H,1-6H2. The molecule has 1 unspecified atom stereocenters. The predicted molar refractivity (Wildman–Crippen MR) is 39.0 cm³/mol. The van der Waals surface area contributed by atoms with Crippen LogP contribution in [-0.4, -0.2) is 38.4 Å². The molecule has 0 saturated carbocycles. The van der Waals surface area contributed by atoms with E-state index in [0.29, 0.717) is 0 Å². The zero-order chi connectivity index (χ0) is 6.86. The Morgan fingerprint density at radius 3 is 2.90 bits per heavy atom. The van der Waals surface area contributed by atoms with Crippen molar-refractivity contribution in [2.24, 2.45) is 0 Å². The van der Waals surface area contributed by atoms with Crippen molar-refractivity contribution in [2.45, 2.75) is 12.0 Å². The Kier molecular flexibility index (Phi) is 1.64. The zero-order valence-electron chi connectivity index (χ0n) is 6.15. The van der Waals surface area contributed by atoms with Crippen LogP contribution < -0.4 is 10.6 Å². The number of hydrogen-bond donors (Lipinski definition) is 2. The summed E-state index contributed by atoms with van der Waals surface area (Å²) in [6.45, 7) is 5.08. The van der Waals surface area contributed by atoms with E-state index in [-0.39, 0.29) is 5.54 Å². The minimum absolute atomic E-state index is 0.290. The summed E-state index contributed by atoms with van der Waals surface area (Å²) in [7, 11) is 0. The summed E-state index contributed by atoms with van der Waals surface area (Å²) in [5.74, 6) is 0. The van der Waals surface area contributed by atoms with E-state index in [0.717, 1.165) is 32.8 Å². The smallest absolute Gasteiger partial charge is 0.0661 e. The first-order valence-corrected chi connectivity index (χ1v) is 3.95. The van der Waals surface area contributed by atoms with E-state index >= 15 is 0 Å². The largest absolute Gasteiger partial charge is 0.379 e. The molecule has 0 amide bonds. The minimum Gasteiger partial charge on any atom is -0.379 e. The Morgan fingerprint density at radius 1 is 1.30 bits per heavy atom. The average Bonchev–Trinajstić information content (AvgIpc) is 2.39. The molecule has 0 aromatic rings. The summed E-state index contributed by atoms with van der Waals surface area (Å²) >= 11 is 0. The van der Waals surface area contributed by atoms with Gasteiger partial charge in [0.05, 0.1) is 12.1 Å². The van der Waals surface area contributed by atoms with Crippen molar-refractivity contribution in [1.29, 1.82) is 0 Å². The molecule has 0 aliphatic carbocycles. The number of nitrogens with one attached hydrogen (secondary N) is 2. The van der Waals surface area contributed by atoms with Crippen LogP contribution in [0.3, 0.4) is 0 Å². The van der Waals surface area contributed by atoms with Crippen LogP contribution in [0.25, 0.3) is 0 Å². The summed E-state index contributed by atoms with van der Waals surface area (Å²) in [5, 5.41) is 6.88. The van der Waals surface area contributed by atoms with Crippen molar-refractivity contribution in [3.63, 3.8) is 0 Å². The molecule has 0 aromatic carbocycles. The van der Waals surface area contributed by atoms with Crippen LogP contribution >= 0.6 is 0 Å².